The van der Waals surface area contributed by atoms with E-state index in [1.807, 2.05) is 0 Å². The second-order valence-electron chi connectivity index (χ2n) is 7.90. The van der Waals surface area contributed by atoms with Gasteiger partial charge in [-0.3, -0.25) is 0 Å². The summed E-state index contributed by atoms with van der Waals surface area (Å²) in [6, 6.07) is 17.1. The zero-order valence-electron chi connectivity index (χ0n) is 14.6. The number of hydrogen-bond donors (Lipinski definition) is 0. The van der Waals surface area contributed by atoms with Crippen molar-refractivity contribution in [2.24, 2.45) is 0 Å². The third-order valence-corrected chi connectivity index (χ3v) is 3.85. The average Bonchev–Trinajstić information content (AvgIpc) is 2.44. The molecule has 0 unspecified atom stereocenters. The van der Waals surface area contributed by atoms with Gasteiger partial charge in [0.1, 0.15) is 0 Å². The predicted octanol–water partition coefficient (Wildman–Crippen LogP) is 5.84. The first kappa shape index (κ1) is 16.5. The monoisotopic (exact) mass is 290 g/mol. The maximum absolute atomic E-state index is 3.25. The molecule has 0 fully saturated rings. The minimum atomic E-state index is 0.189. The van der Waals surface area contributed by atoms with E-state index < -0.39 is 0 Å². The van der Waals surface area contributed by atoms with E-state index in [0.717, 1.165) is 11.1 Å². The summed E-state index contributed by atoms with van der Waals surface area (Å²) in [7, 11) is 0. The van der Waals surface area contributed by atoms with Gasteiger partial charge in [-0.05, 0) is 45.2 Å². The molecule has 0 saturated heterocycles. The molecule has 2 rings (SSSR count). The molecule has 0 aliphatic carbocycles. The first-order valence-corrected chi connectivity index (χ1v) is 7.89. The summed E-state index contributed by atoms with van der Waals surface area (Å²) < 4.78 is 0. The molecule has 0 atom stereocenters. The Bertz CT molecular complexity index is 567. The van der Waals surface area contributed by atoms with E-state index in [0.29, 0.717) is 0 Å². The fourth-order valence-corrected chi connectivity index (χ4v) is 2.25. The van der Waals surface area contributed by atoms with Gasteiger partial charge in [0.25, 0.3) is 0 Å². The number of rotatable bonds is 2. The van der Waals surface area contributed by atoms with Gasteiger partial charge in [0, 0.05) is 0 Å². The highest BCUT2D eigenvalue weighted by molar-refractivity contribution is 5.34. The normalized spacial score (nSPS) is 12.8. The van der Waals surface area contributed by atoms with Crippen LogP contribution in [-0.4, -0.2) is 0 Å². The van der Waals surface area contributed by atoms with E-state index in [1.54, 1.807) is 0 Å². The molecule has 0 heteroatoms. The van der Waals surface area contributed by atoms with Crippen LogP contribution in [0.25, 0.3) is 0 Å². The van der Waals surface area contributed by atoms with Crippen molar-refractivity contribution < 1.29 is 0 Å². The highest BCUT2D eigenvalue weighted by Gasteiger charge is 2.13. The highest BCUT2D eigenvalue weighted by atomic mass is 14.2. The lowest BCUT2D eigenvalue weighted by atomic mass is 9.86. The van der Waals surface area contributed by atoms with Crippen LogP contribution in [-0.2, 0) is 10.8 Å². The molecule has 22 heavy (non-hydrogen) atoms. The van der Waals surface area contributed by atoms with Crippen LogP contribution in [0.5, 0.6) is 0 Å². The van der Waals surface area contributed by atoms with Crippen LogP contribution in [0, 0.1) is 12.2 Å². The van der Waals surface area contributed by atoms with Gasteiger partial charge in [-0.2, -0.15) is 0 Å². The maximum Gasteiger partial charge on any atom is -0.00139 e. The maximum atomic E-state index is 3.25. The molecule has 0 spiro atoms. The molecule has 0 aromatic heterocycles. The molecule has 0 amide bonds. The number of benzene rings is 2. The zero-order chi connectivity index (χ0) is 16.4. The second kappa shape index (κ2) is 6.12. The Morgan fingerprint density at radius 3 is 1.00 bits per heavy atom. The first-order valence-electron chi connectivity index (χ1n) is 7.89. The van der Waals surface area contributed by atoms with E-state index in [-0.39, 0.29) is 10.8 Å². The van der Waals surface area contributed by atoms with Crippen LogP contribution in [0.4, 0.5) is 0 Å². The van der Waals surface area contributed by atoms with Gasteiger partial charge in [-0.1, -0.05) is 90.1 Å². The second-order valence-corrected chi connectivity index (χ2v) is 7.90. The Balaban J connectivity index is 2.12. The largest absolute Gasteiger partial charge is 0.0579 e. The van der Waals surface area contributed by atoms with Crippen molar-refractivity contribution in [1.29, 1.82) is 0 Å². The summed E-state index contributed by atoms with van der Waals surface area (Å²) in [6.45, 7) is 13.4. The third kappa shape index (κ3) is 4.34. The lowest BCUT2D eigenvalue weighted by Crippen LogP contribution is -2.10. The molecule has 2 radical (unpaired) electrons. The van der Waals surface area contributed by atoms with Crippen molar-refractivity contribution in [3.05, 3.63) is 82.9 Å². The fourth-order valence-electron chi connectivity index (χ4n) is 2.25. The average molecular weight is 290 g/mol. The van der Waals surface area contributed by atoms with Crippen molar-refractivity contribution >= 4 is 0 Å². The summed E-state index contributed by atoms with van der Waals surface area (Å²) in [5.74, 6) is 0. The molecule has 0 N–H and O–H groups in total. The zero-order valence-corrected chi connectivity index (χ0v) is 14.6. The molecule has 114 valence electrons. The van der Waals surface area contributed by atoms with E-state index in [1.165, 1.54) is 11.1 Å². The molecule has 0 bridgehead atoms. The summed E-state index contributed by atoms with van der Waals surface area (Å²) in [4.78, 5) is 0. The Morgan fingerprint density at radius 2 is 0.773 bits per heavy atom. The Hall–Kier alpha value is -1.82. The van der Waals surface area contributed by atoms with Gasteiger partial charge in [-0.25, -0.2) is 0 Å². The van der Waals surface area contributed by atoms with Crippen LogP contribution in [0.15, 0.2) is 48.5 Å². The summed E-state index contributed by atoms with van der Waals surface area (Å²) >= 11 is 0. The molecular formula is C22H26. The minimum Gasteiger partial charge on any atom is -0.0579 e. The predicted molar refractivity (Wildman–Crippen MR) is 95.0 cm³/mol. The molecule has 0 saturated carbocycles. The van der Waals surface area contributed by atoms with Crippen molar-refractivity contribution in [1.82, 2.24) is 0 Å². The standard InChI is InChI=1S/C22H26/c1-21(2,3)19-13-9-17(10-14-19)7-8-18-11-15-20(16-12-18)22(4,5)6/h9-16H,1-6H3. The van der Waals surface area contributed by atoms with Crippen molar-refractivity contribution in [3.8, 4) is 0 Å². The minimum absolute atomic E-state index is 0.189. The highest BCUT2D eigenvalue weighted by Crippen LogP contribution is 2.23. The molecular weight excluding hydrogens is 264 g/mol. The Labute approximate surface area is 135 Å². The van der Waals surface area contributed by atoms with E-state index in [9.17, 15) is 0 Å². The Kier molecular flexibility index (Phi) is 4.60. The van der Waals surface area contributed by atoms with E-state index in [2.05, 4.69) is 102 Å². The molecule has 0 nitrogen and oxygen atoms in total. The summed E-state index contributed by atoms with van der Waals surface area (Å²) in [5, 5.41) is 0. The fraction of sp³-hybridized carbons (Fsp3) is 0.364. The molecule has 0 heterocycles. The van der Waals surface area contributed by atoms with E-state index >= 15 is 0 Å². The van der Waals surface area contributed by atoms with Crippen molar-refractivity contribution in [3.63, 3.8) is 0 Å². The smallest absolute Gasteiger partial charge is 0.00139 e. The van der Waals surface area contributed by atoms with Crippen LogP contribution in [0.3, 0.4) is 0 Å². The molecule has 2 aromatic rings. The topological polar surface area (TPSA) is 0 Å². The van der Waals surface area contributed by atoms with Crippen molar-refractivity contribution in [2.75, 3.05) is 0 Å². The van der Waals surface area contributed by atoms with Gasteiger partial charge in [0.2, 0.25) is 0 Å². The first-order chi connectivity index (χ1) is 10.2. The van der Waals surface area contributed by atoms with Gasteiger partial charge in [-0.15, -0.1) is 0 Å². The van der Waals surface area contributed by atoms with Gasteiger partial charge >= 0.3 is 0 Å². The van der Waals surface area contributed by atoms with Gasteiger partial charge in [0.15, 0.2) is 0 Å². The van der Waals surface area contributed by atoms with Crippen LogP contribution in [0.2, 0.25) is 0 Å². The molecule has 0 aliphatic heterocycles. The van der Waals surface area contributed by atoms with Crippen LogP contribution in [0.1, 0.15) is 63.8 Å². The SMILES string of the molecule is CC(C)(C)c1ccc(/[C]=[C]/c2ccc(C(C)(C)C)cc2)cc1. The van der Waals surface area contributed by atoms with Gasteiger partial charge < -0.3 is 0 Å². The lowest BCUT2D eigenvalue weighted by molar-refractivity contribution is 0.590. The quantitative estimate of drug-likeness (QED) is 0.609. The number of hydrogen-bond acceptors (Lipinski definition) is 0. The molecule has 2 aromatic carbocycles. The van der Waals surface area contributed by atoms with E-state index in [4.69, 9.17) is 0 Å². The Morgan fingerprint density at radius 1 is 0.500 bits per heavy atom. The lowest BCUT2D eigenvalue weighted by Gasteiger charge is -2.19. The van der Waals surface area contributed by atoms with Crippen LogP contribution < -0.4 is 0 Å². The summed E-state index contributed by atoms with van der Waals surface area (Å²) in [5.41, 5.74) is 5.18. The third-order valence-electron chi connectivity index (χ3n) is 3.85. The van der Waals surface area contributed by atoms with Crippen molar-refractivity contribution in [2.45, 2.75) is 52.4 Å². The molecule has 0 aliphatic rings. The van der Waals surface area contributed by atoms with Gasteiger partial charge in [0.05, 0.1) is 0 Å². The summed E-state index contributed by atoms with van der Waals surface area (Å²) in [6.07, 6.45) is 6.50. The van der Waals surface area contributed by atoms with Crippen LogP contribution >= 0.6 is 0 Å².